The van der Waals surface area contributed by atoms with E-state index in [0.29, 0.717) is 30.5 Å². The number of nitrogens with zero attached hydrogens (tertiary/aromatic N) is 1. The van der Waals surface area contributed by atoms with Crippen molar-refractivity contribution in [1.29, 1.82) is 0 Å². The Hall–Kier alpha value is -1.46. The first kappa shape index (κ1) is 17.6. The summed E-state index contributed by atoms with van der Waals surface area (Å²) in [6, 6.07) is 5.43. The zero-order valence-corrected chi connectivity index (χ0v) is 13.7. The second kappa shape index (κ2) is 9.47. The molecule has 2 N–H and O–H groups in total. The third-order valence-corrected chi connectivity index (χ3v) is 3.11. The summed E-state index contributed by atoms with van der Waals surface area (Å²) in [6.45, 7) is 4.41. The number of rotatable bonds is 8. The standard InChI is InChI=1S/C15H24ClN3O2/c1-12-5-6-13(16)14(11-12)21-10-8-18-15(20)17-7-4-9-19(2)3/h5-6,11H,4,7-10H2,1-3H3,(H2,17,18,20). The van der Waals surface area contributed by atoms with E-state index in [9.17, 15) is 4.79 Å². The van der Waals surface area contributed by atoms with Crippen LogP contribution < -0.4 is 15.4 Å². The number of aryl methyl sites for hydroxylation is 1. The average molecular weight is 314 g/mol. The molecule has 0 aliphatic heterocycles. The van der Waals surface area contributed by atoms with Crippen LogP contribution in [-0.2, 0) is 0 Å². The lowest BCUT2D eigenvalue weighted by Crippen LogP contribution is -2.38. The first-order valence-corrected chi connectivity index (χ1v) is 7.42. The van der Waals surface area contributed by atoms with Gasteiger partial charge in [-0.15, -0.1) is 0 Å². The first-order chi connectivity index (χ1) is 9.99. The second-order valence-electron chi connectivity index (χ2n) is 5.12. The normalized spacial score (nSPS) is 10.5. The Kier molecular flexibility index (Phi) is 7.93. The average Bonchev–Trinajstić information content (AvgIpc) is 2.43. The van der Waals surface area contributed by atoms with E-state index in [1.807, 2.05) is 33.2 Å². The molecule has 0 atom stereocenters. The number of benzene rings is 1. The molecule has 0 spiro atoms. The molecule has 6 heteroatoms. The van der Waals surface area contributed by atoms with Gasteiger partial charge in [0, 0.05) is 6.54 Å². The van der Waals surface area contributed by atoms with Crippen LogP contribution in [0.15, 0.2) is 18.2 Å². The number of hydrogen-bond donors (Lipinski definition) is 2. The summed E-state index contributed by atoms with van der Waals surface area (Å²) in [5.41, 5.74) is 1.08. The predicted octanol–water partition coefficient (Wildman–Crippen LogP) is 2.28. The van der Waals surface area contributed by atoms with Gasteiger partial charge < -0.3 is 20.3 Å². The maximum absolute atomic E-state index is 11.5. The van der Waals surface area contributed by atoms with Crippen molar-refractivity contribution >= 4 is 17.6 Å². The highest BCUT2D eigenvalue weighted by Gasteiger charge is 2.03. The topological polar surface area (TPSA) is 53.6 Å². The molecule has 21 heavy (non-hydrogen) atoms. The highest BCUT2D eigenvalue weighted by Crippen LogP contribution is 2.24. The van der Waals surface area contributed by atoms with E-state index in [2.05, 4.69) is 15.5 Å². The molecule has 2 amide bonds. The van der Waals surface area contributed by atoms with Crippen LogP contribution in [0.2, 0.25) is 5.02 Å². The molecule has 0 unspecified atom stereocenters. The SMILES string of the molecule is Cc1ccc(Cl)c(OCCNC(=O)NCCCN(C)C)c1. The summed E-state index contributed by atoms with van der Waals surface area (Å²) in [5, 5.41) is 6.12. The van der Waals surface area contributed by atoms with Crippen molar-refractivity contribution < 1.29 is 9.53 Å². The van der Waals surface area contributed by atoms with Crippen LogP contribution in [0, 0.1) is 6.92 Å². The van der Waals surface area contributed by atoms with Gasteiger partial charge in [0.1, 0.15) is 12.4 Å². The lowest BCUT2D eigenvalue weighted by atomic mass is 10.2. The number of carbonyl (C=O) groups excluding carboxylic acids is 1. The summed E-state index contributed by atoms with van der Waals surface area (Å²) in [6.07, 6.45) is 0.926. The Morgan fingerprint density at radius 3 is 2.71 bits per heavy atom. The van der Waals surface area contributed by atoms with Gasteiger partial charge in [0.15, 0.2) is 0 Å². The second-order valence-corrected chi connectivity index (χ2v) is 5.53. The van der Waals surface area contributed by atoms with E-state index in [4.69, 9.17) is 16.3 Å². The van der Waals surface area contributed by atoms with Crippen LogP contribution in [0.5, 0.6) is 5.75 Å². The minimum absolute atomic E-state index is 0.173. The quantitative estimate of drug-likeness (QED) is 0.724. The highest BCUT2D eigenvalue weighted by atomic mass is 35.5. The summed E-state index contributed by atoms with van der Waals surface area (Å²) < 4.78 is 5.54. The smallest absolute Gasteiger partial charge is 0.314 e. The molecule has 0 saturated carbocycles. The van der Waals surface area contributed by atoms with Crippen LogP contribution >= 0.6 is 11.6 Å². The molecule has 0 aliphatic carbocycles. The van der Waals surface area contributed by atoms with Crippen molar-refractivity contribution in [2.24, 2.45) is 0 Å². The summed E-state index contributed by atoms with van der Waals surface area (Å²) >= 11 is 6.02. The van der Waals surface area contributed by atoms with Gasteiger partial charge in [0.25, 0.3) is 0 Å². The Morgan fingerprint density at radius 2 is 2.00 bits per heavy atom. The van der Waals surface area contributed by atoms with Crippen molar-refractivity contribution in [1.82, 2.24) is 15.5 Å². The van der Waals surface area contributed by atoms with Crippen LogP contribution in [0.25, 0.3) is 0 Å². The van der Waals surface area contributed by atoms with Crippen molar-refractivity contribution in [3.8, 4) is 5.75 Å². The molecular weight excluding hydrogens is 290 g/mol. The number of halogens is 1. The Labute approximate surface area is 131 Å². The van der Waals surface area contributed by atoms with Gasteiger partial charge in [0.05, 0.1) is 11.6 Å². The fraction of sp³-hybridized carbons (Fsp3) is 0.533. The van der Waals surface area contributed by atoms with E-state index < -0.39 is 0 Å². The summed E-state index contributed by atoms with van der Waals surface area (Å²) in [7, 11) is 4.02. The largest absolute Gasteiger partial charge is 0.490 e. The van der Waals surface area contributed by atoms with Crippen LogP contribution in [-0.4, -0.2) is 51.3 Å². The van der Waals surface area contributed by atoms with Gasteiger partial charge in [-0.1, -0.05) is 17.7 Å². The molecule has 0 aliphatic rings. The van der Waals surface area contributed by atoms with E-state index in [1.165, 1.54) is 0 Å². The summed E-state index contributed by atoms with van der Waals surface area (Å²) in [5.74, 6) is 0.643. The predicted molar refractivity (Wildman–Crippen MR) is 86.3 cm³/mol. The fourth-order valence-corrected chi connectivity index (χ4v) is 1.88. The van der Waals surface area contributed by atoms with Gasteiger partial charge in [-0.2, -0.15) is 0 Å². The van der Waals surface area contributed by atoms with E-state index in [0.717, 1.165) is 18.5 Å². The van der Waals surface area contributed by atoms with Gasteiger partial charge in [0.2, 0.25) is 0 Å². The molecule has 0 radical (unpaired) electrons. The van der Waals surface area contributed by atoms with Gasteiger partial charge in [-0.25, -0.2) is 4.79 Å². The highest BCUT2D eigenvalue weighted by molar-refractivity contribution is 6.32. The Balaban J connectivity index is 2.13. The molecular formula is C15H24ClN3O2. The lowest BCUT2D eigenvalue weighted by Gasteiger charge is -2.11. The minimum atomic E-state index is -0.173. The third-order valence-electron chi connectivity index (χ3n) is 2.80. The van der Waals surface area contributed by atoms with E-state index in [-0.39, 0.29) is 6.03 Å². The number of urea groups is 1. The Morgan fingerprint density at radius 1 is 1.29 bits per heavy atom. The summed E-state index contributed by atoms with van der Waals surface area (Å²) in [4.78, 5) is 13.6. The number of nitrogens with one attached hydrogen (secondary N) is 2. The fourth-order valence-electron chi connectivity index (χ4n) is 1.71. The molecule has 0 fully saturated rings. The first-order valence-electron chi connectivity index (χ1n) is 7.04. The molecule has 1 aromatic carbocycles. The number of carbonyl (C=O) groups is 1. The number of ether oxygens (including phenoxy) is 1. The molecule has 1 rings (SSSR count). The molecule has 118 valence electrons. The van der Waals surface area contributed by atoms with Crippen molar-refractivity contribution in [2.45, 2.75) is 13.3 Å². The van der Waals surface area contributed by atoms with Crippen LogP contribution in [0.4, 0.5) is 4.79 Å². The zero-order chi connectivity index (χ0) is 15.7. The molecule has 0 aromatic heterocycles. The van der Waals surface area contributed by atoms with Gasteiger partial charge >= 0.3 is 6.03 Å². The third kappa shape index (κ3) is 7.78. The molecule has 0 saturated heterocycles. The lowest BCUT2D eigenvalue weighted by molar-refractivity contribution is 0.236. The number of hydrogen-bond acceptors (Lipinski definition) is 3. The molecule has 0 heterocycles. The van der Waals surface area contributed by atoms with Crippen LogP contribution in [0.3, 0.4) is 0 Å². The Bertz CT molecular complexity index is 453. The molecule has 5 nitrogen and oxygen atoms in total. The van der Waals surface area contributed by atoms with Crippen molar-refractivity contribution in [3.63, 3.8) is 0 Å². The zero-order valence-electron chi connectivity index (χ0n) is 12.9. The van der Waals surface area contributed by atoms with Gasteiger partial charge in [-0.05, 0) is 51.7 Å². The van der Waals surface area contributed by atoms with Crippen LogP contribution in [0.1, 0.15) is 12.0 Å². The molecule has 1 aromatic rings. The van der Waals surface area contributed by atoms with E-state index >= 15 is 0 Å². The molecule has 0 bridgehead atoms. The monoisotopic (exact) mass is 313 g/mol. The van der Waals surface area contributed by atoms with Gasteiger partial charge in [-0.3, -0.25) is 0 Å². The number of amides is 2. The maximum atomic E-state index is 11.5. The minimum Gasteiger partial charge on any atom is -0.490 e. The van der Waals surface area contributed by atoms with Crippen molar-refractivity contribution in [2.75, 3.05) is 40.3 Å². The maximum Gasteiger partial charge on any atom is 0.314 e. The van der Waals surface area contributed by atoms with Crippen molar-refractivity contribution in [3.05, 3.63) is 28.8 Å². The van der Waals surface area contributed by atoms with E-state index in [1.54, 1.807) is 6.07 Å².